The Hall–Kier alpha value is -0.350. The third kappa shape index (κ3) is 3.03. The van der Waals surface area contributed by atoms with Crippen molar-refractivity contribution >= 4 is 11.6 Å². The molecule has 1 aliphatic rings. The van der Waals surface area contributed by atoms with Gasteiger partial charge in [0.25, 0.3) is 0 Å². The van der Waals surface area contributed by atoms with E-state index in [1.807, 2.05) is 0 Å². The monoisotopic (exact) mass is 185 g/mol. The lowest BCUT2D eigenvalue weighted by Crippen LogP contribution is -2.34. The Morgan fingerprint density at radius 1 is 1.45 bits per heavy atom. The predicted octanol–water partition coefficient (Wildman–Crippen LogP) is 1.48. The summed E-state index contributed by atoms with van der Waals surface area (Å²) in [5, 5.41) is 0. The fourth-order valence-corrected chi connectivity index (χ4v) is 0.984. The van der Waals surface area contributed by atoms with Crippen molar-refractivity contribution in [3.63, 3.8) is 0 Å². The molecule has 0 saturated carbocycles. The lowest BCUT2D eigenvalue weighted by molar-refractivity contribution is 0.0426. The second-order valence-electron chi connectivity index (χ2n) is 2.03. The number of morpholine rings is 1. The molecule has 1 fully saturated rings. The number of ether oxygens (including phenoxy) is 1. The third-order valence-corrected chi connectivity index (χ3v) is 1.58. The maximum Gasteiger partial charge on any atom is 0.201 e. The molecule has 1 heterocycles. The highest BCUT2D eigenvalue weighted by molar-refractivity contribution is 6.25. The number of nitrogens with zero attached hydrogens (tertiary/aromatic N) is 1. The molecule has 0 aromatic rings. The molecule has 11 heavy (non-hydrogen) atoms. The zero-order valence-corrected chi connectivity index (χ0v) is 6.68. The smallest absolute Gasteiger partial charge is 0.201 e. The highest BCUT2D eigenvalue weighted by atomic mass is 35.5. The molecule has 0 aliphatic carbocycles. The van der Waals surface area contributed by atoms with Crippen molar-refractivity contribution in [3.05, 3.63) is 11.5 Å². The molecule has 1 rings (SSSR count). The predicted molar refractivity (Wildman–Crippen MR) is 39.9 cm³/mol. The fourth-order valence-electron chi connectivity index (χ4n) is 0.846. The van der Waals surface area contributed by atoms with Gasteiger partial charge in [0.15, 0.2) is 0 Å². The second kappa shape index (κ2) is 5.32. The SMILES string of the molecule is F.FC(=CCl)N1CCOCC1. The minimum Gasteiger partial charge on any atom is -0.378 e. The van der Waals surface area contributed by atoms with Crippen LogP contribution in [0.25, 0.3) is 0 Å². The van der Waals surface area contributed by atoms with E-state index in [1.165, 1.54) is 0 Å². The van der Waals surface area contributed by atoms with Gasteiger partial charge in [-0.1, -0.05) is 11.6 Å². The number of halogens is 3. The molecule has 0 N–H and O–H groups in total. The van der Waals surface area contributed by atoms with Gasteiger partial charge in [-0.2, -0.15) is 4.39 Å². The van der Waals surface area contributed by atoms with Crippen molar-refractivity contribution in [2.75, 3.05) is 26.3 Å². The first-order chi connectivity index (χ1) is 4.84. The van der Waals surface area contributed by atoms with Crippen molar-refractivity contribution in [1.82, 2.24) is 4.90 Å². The molecule has 0 unspecified atom stereocenters. The van der Waals surface area contributed by atoms with Gasteiger partial charge >= 0.3 is 0 Å². The van der Waals surface area contributed by atoms with Crippen LogP contribution in [0, 0.1) is 0 Å². The molecule has 2 nitrogen and oxygen atoms in total. The van der Waals surface area contributed by atoms with Crippen LogP contribution in [0.4, 0.5) is 9.09 Å². The van der Waals surface area contributed by atoms with E-state index in [9.17, 15) is 4.39 Å². The summed E-state index contributed by atoms with van der Waals surface area (Å²) in [6, 6.07) is 0. The quantitative estimate of drug-likeness (QED) is 0.574. The normalized spacial score (nSPS) is 19.5. The molecule has 0 aromatic carbocycles. The van der Waals surface area contributed by atoms with Gasteiger partial charge in [-0.25, -0.2) is 0 Å². The van der Waals surface area contributed by atoms with Crippen molar-refractivity contribution in [2.24, 2.45) is 0 Å². The molecule has 1 saturated heterocycles. The number of hydrogen-bond donors (Lipinski definition) is 0. The van der Waals surface area contributed by atoms with E-state index in [1.54, 1.807) is 4.90 Å². The minimum absolute atomic E-state index is 0. The zero-order chi connectivity index (χ0) is 7.40. The molecule has 1 aliphatic heterocycles. The third-order valence-electron chi connectivity index (χ3n) is 1.40. The molecule has 0 spiro atoms. The maximum absolute atomic E-state index is 12.6. The molecular weight excluding hydrogens is 176 g/mol. The summed E-state index contributed by atoms with van der Waals surface area (Å²) < 4.78 is 17.6. The summed E-state index contributed by atoms with van der Waals surface area (Å²) >= 11 is 5.17. The number of rotatable bonds is 1. The highest BCUT2D eigenvalue weighted by Gasteiger charge is 2.11. The Balaban J connectivity index is 0.000001000. The van der Waals surface area contributed by atoms with Gasteiger partial charge in [0.2, 0.25) is 5.95 Å². The lowest BCUT2D eigenvalue weighted by Gasteiger charge is -2.26. The Bertz CT molecular complexity index is 137. The molecule has 0 aromatic heterocycles. The average Bonchev–Trinajstić information content (AvgIpc) is 2.05. The van der Waals surface area contributed by atoms with Crippen LogP contribution < -0.4 is 0 Å². The van der Waals surface area contributed by atoms with E-state index >= 15 is 0 Å². The van der Waals surface area contributed by atoms with Crippen LogP contribution in [-0.2, 0) is 4.74 Å². The van der Waals surface area contributed by atoms with Crippen molar-refractivity contribution in [3.8, 4) is 0 Å². The molecule has 0 amide bonds. The second-order valence-corrected chi connectivity index (χ2v) is 2.25. The average molecular weight is 186 g/mol. The lowest BCUT2D eigenvalue weighted by atomic mass is 10.4. The van der Waals surface area contributed by atoms with Gasteiger partial charge in [-0.3, -0.25) is 4.70 Å². The van der Waals surface area contributed by atoms with Crippen LogP contribution in [0.2, 0.25) is 0 Å². The van der Waals surface area contributed by atoms with Crippen LogP contribution >= 0.6 is 11.6 Å². The largest absolute Gasteiger partial charge is 0.378 e. The summed E-state index contributed by atoms with van der Waals surface area (Å²) in [6.07, 6.45) is 0. The van der Waals surface area contributed by atoms with E-state index in [0.29, 0.717) is 26.3 Å². The molecule has 0 bridgehead atoms. The summed E-state index contributed by atoms with van der Waals surface area (Å²) in [6.45, 7) is 2.35. The van der Waals surface area contributed by atoms with Crippen LogP contribution in [0.3, 0.4) is 0 Å². The van der Waals surface area contributed by atoms with Gasteiger partial charge in [0.1, 0.15) is 0 Å². The molecule has 0 atom stereocenters. The molecular formula is C6H10ClF2NO. The van der Waals surface area contributed by atoms with Crippen LogP contribution in [0.15, 0.2) is 11.5 Å². The van der Waals surface area contributed by atoms with Gasteiger partial charge in [0.05, 0.1) is 18.7 Å². The van der Waals surface area contributed by atoms with Crippen molar-refractivity contribution < 1.29 is 13.8 Å². The van der Waals surface area contributed by atoms with E-state index < -0.39 is 0 Å². The molecule has 0 radical (unpaired) electrons. The molecule has 66 valence electrons. The maximum atomic E-state index is 12.6. The van der Waals surface area contributed by atoms with Crippen molar-refractivity contribution in [2.45, 2.75) is 0 Å². The molecule has 5 heteroatoms. The highest BCUT2D eigenvalue weighted by Crippen LogP contribution is 2.09. The van der Waals surface area contributed by atoms with Gasteiger partial charge in [-0.05, 0) is 0 Å². The fraction of sp³-hybridized carbons (Fsp3) is 0.667. The first-order valence-corrected chi connectivity index (χ1v) is 3.57. The van der Waals surface area contributed by atoms with E-state index in [4.69, 9.17) is 16.3 Å². The first kappa shape index (κ1) is 10.7. The summed E-state index contributed by atoms with van der Waals surface area (Å²) in [7, 11) is 0. The summed E-state index contributed by atoms with van der Waals surface area (Å²) in [4.78, 5) is 1.55. The van der Waals surface area contributed by atoms with Gasteiger partial charge in [-0.15, -0.1) is 0 Å². The zero-order valence-electron chi connectivity index (χ0n) is 5.93. The summed E-state index contributed by atoms with van der Waals surface area (Å²) in [5.41, 5.74) is 0.950. The number of hydrogen-bond acceptors (Lipinski definition) is 2. The Labute approximate surface area is 68.9 Å². The van der Waals surface area contributed by atoms with Crippen molar-refractivity contribution in [1.29, 1.82) is 0 Å². The minimum atomic E-state index is -0.370. The van der Waals surface area contributed by atoms with E-state index in [0.717, 1.165) is 5.54 Å². The van der Waals surface area contributed by atoms with Gasteiger partial charge in [0, 0.05) is 13.1 Å². The van der Waals surface area contributed by atoms with Gasteiger partial charge < -0.3 is 9.64 Å². The summed E-state index contributed by atoms with van der Waals surface area (Å²) in [5.74, 6) is -0.370. The Morgan fingerprint density at radius 3 is 2.45 bits per heavy atom. The topological polar surface area (TPSA) is 12.5 Å². The Morgan fingerprint density at radius 2 is 2.00 bits per heavy atom. The van der Waals surface area contributed by atoms with E-state index in [2.05, 4.69) is 0 Å². The van der Waals surface area contributed by atoms with Crippen LogP contribution in [0.1, 0.15) is 0 Å². The standard InChI is InChI=1S/C6H9ClFNO.FH/c7-5-6(8)9-1-3-10-4-2-9;/h5H,1-4H2;1H. The van der Waals surface area contributed by atoms with Crippen LogP contribution in [0.5, 0.6) is 0 Å². The van der Waals surface area contributed by atoms with Crippen LogP contribution in [-0.4, -0.2) is 31.2 Å². The first-order valence-electron chi connectivity index (χ1n) is 3.13. The Kier molecular flexibility index (Phi) is 5.15. The van der Waals surface area contributed by atoms with E-state index in [-0.39, 0.29) is 10.7 Å².